The SMILES string of the molecule is CCOC1=C[C@@H](C(c2c(C)[nH][nH]c2=O)c2c(C)[nH][nH]c2=O)CC=C1OC(=O)c1cccc([N+](=O)[O-])c1. The summed E-state index contributed by atoms with van der Waals surface area (Å²) in [5.74, 6) is -1.34. The molecule has 12 heteroatoms. The number of aromatic nitrogens is 4. The molecule has 3 aromatic rings. The molecular formula is C24H25N5O7. The number of benzene rings is 1. The molecule has 0 unspecified atom stereocenters. The van der Waals surface area contributed by atoms with Crippen LogP contribution in [0.3, 0.4) is 0 Å². The summed E-state index contributed by atoms with van der Waals surface area (Å²) >= 11 is 0. The number of nitro benzene ring substituents is 1. The van der Waals surface area contributed by atoms with E-state index in [0.717, 1.165) is 6.07 Å². The predicted molar refractivity (Wildman–Crippen MR) is 129 cm³/mol. The molecule has 1 aliphatic carbocycles. The van der Waals surface area contributed by atoms with Crippen LogP contribution in [0.1, 0.15) is 52.1 Å². The Morgan fingerprint density at radius 1 is 1.08 bits per heavy atom. The van der Waals surface area contributed by atoms with Crippen LogP contribution in [-0.4, -0.2) is 37.9 Å². The number of nitrogens with zero attached hydrogens (tertiary/aromatic N) is 1. The lowest BCUT2D eigenvalue weighted by molar-refractivity contribution is -0.384. The fraction of sp³-hybridized carbons (Fsp3) is 0.292. The van der Waals surface area contributed by atoms with E-state index in [1.807, 2.05) is 0 Å². The largest absolute Gasteiger partial charge is 0.490 e. The highest BCUT2D eigenvalue weighted by Gasteiger charge is 2.35. The van der Waals surface area contributed by atoms with Gasteiger partial charge in [0, 0.05) is 40.6 Å². The Balaban J connectivity index is 1.69. The monoisotopic (exact) mass is 495 g/mol. The van der Waals surface area contributed by atoms with Gasteiger partial charge in [0.25, 0.3) is 16.8 Å². The van der Waals surface area contributed by atoms with Gasteiger partial charge in [-0.05, 0) is 51.3 Å². The molecule has 2 heterocycles. The fourth-order valence-corrected chi connectivity index (χ4v) is 4.43. The number of hydrogen-bond donors (Lipinski definition) is 4. The summed E-state index contributed by atoms with van der Waals surface area (Å²) in [6.45, 7) is 5.52. The van der Waals surface area contributed by atoms with Gasteiger partial charge in [0.1, 0.15) is 0 Å². The Hall–Kier alpha value is -4.61. The molecule has 0 saturated carbocycles. The van der Waals surface area contributed by atoms with Gasteiger partial charge in [0.05, 0.1) is 17.1 Å². The molecule has 0 fully saturated rings. The number of allylic oxidation sites excluding steroid dienone is 2. The first-order valence-corrected chi connectivity index (χ1v) is 11.3. The lowest BCUT2D eigenvalue weighted by atomic mass is 9.77. The summed E-state index contributed by atoms with van der Waals surface area (Å²) in [6.07, 6.45) is 3.72. The minimum Gasteiger partial charge on any atom is -0.490 e. The maximum Gasteiger partial charge on any atom is 0.343 e. The molecule has 2 aromatic heterocycles. The number of carbonyl (C=O) groups excluding carboxylic acids is 1. The van der Waals surface area contributed by atoms with Gasteiger partial charge in [-0.15, -0.1) is 0 Å². The van der Waals surface area contributed by atoms with E-state index >= 15 is 0 Å². The average molecular weight is 495 g/mol. The van der Waals surface area contributed by atoms with Crippen molar-refractivity contribution in [3.63, 3.8) is 0 Å². The van der Waals surface area contributed by atoms with Crippen molar-refractivity contribution < 1.29 is 19.2 Å². The van der Waals surface area contributed by atoms with Crippen molar-refractivity contribution in [1.82, 2.24) is 20.4 Å². The van der Waals surface area contributed by atoms with E-state index in [-0.39, 0.29) is 46.4 Å². The van der Waals surface area contributed by atoms with E-state index in [2.05, 4.69) is 20.4 Å². The average Bonchev–Trinajstić information content (AvgIpc) is 3.36. The first-order chi connectivity index (χ1) is 17.2. The highest BCUT2D eigenvalue weighted by atomic mass is 16.6. The number of esters is 1. The van der Waals surface area contributed by atoms with Crippen LogP contribution in [0.4, 0.5) is 5.69 Å². The zero-order valence-corrected chi connectivity index (χ0v) is 19.8. The van der Waals surface area contributed by atoms with Crippen molar-refractivity contribution in [2.45, 2.75) is 33.1 Å². The van der Waals surface area contributed by atoms with Crippen LogP contribution in [0.5, 0.6) is 0 Å². The topological polar surface area (TPSA) is 176 Å². The molecule has 1 aromatic carbocycles. The maximum atomic E-state index is 12.7. The molecule has 4 rings (SSSR count). The van der Waals surface area contributed by atoms with E-state index in [1.54, 1.807) is 32.9 Å². The van der Waals surface area contributed by atoms with E-state index in [1.165, 1.54) is 18.2 Å². The quantitative estimate of drug-likeness (QED) is 0.211. The van der Waals surface area contributed by atoms with E-state index in [0.29, 0.717) is 28.9 Å². The number of non-ortho nitro benzene ring substituents is 1. The zero-order valence-electron chi connectivity index (χ0n) is 19.8. The Labute approximate surface area is 204 Å². The van der Waals surface area contributed by atoms with Crippen LogP contribution in [0.2, 0.25) is 0 Å². The summed E-state index contributed by atoms with van der Waals surface area (Å²) in [6, 6.07) is 5.24. The highest BCUT2D eigenvalue weighted by Crippen LogP contribution is 2.39. The first-order valence-electron chi connectivity index (χ1n) is 11.3. The molecule has 4 N–H and O–H groups in total. The number of nitrogens with one attached hydrogen (secondary N) is 4. The number of hydrogen-bond acceptors (Lipinski definition) is 7. The molecule has 0 spiro atoms. The number of nitro groups is 1. The Morgan fingerprint density at radius 3 is 2.25 bits per heavy atom. The van der Waals surface area contributed by atoms with Gasteiger partial charge < -0.3 is 19.7 Å². The summed E-state index contributed by atoms with van der Waals surface area (Å²) in [5, 5.41) is 21.8. The van der Waals surface area contributed by atoms with E-state index in [9.17, 15) is 24.5 Å². The molecule has 0 saturated heterocycles. The van der Waals surface area contributed by atoms with Gasteiger partial charge in [-0.25, -0.2) is 4.79 Å². The number of aryl methyl sites for hydroxylation is 2. The van der Waals surface area contributed by atoms with Crippen molar-refractivity contribution in [2.24, 2.45) is 5.92 Å². The molecule has 188 valence electrons. The molecule has 1 atom stereocenters. The van der Waals surface area contributed by atoms with E-state index in [4.69, 9.17) is 9.47 Å². The summed E-state index contributed by atoms with van der Waals surface area (Å²) in [4.78, 5) is 48.6. The second-order valence-electron chi connectivity index (χ2n) is 8.34. The van der Waals surface area contributed by atoms with Crippen molar-refractivity contribution in [2.75, 3.05) is 6.61 Å². The summed E-state index contributed by atoms with van der Waals surface area (Å²) in [5.41, 5.74) is 1.16. The van der Waals surface area contributed by atoms with Crippen molar-refractivity contribution in [3.05, 3.63) is 107 Å². The van der Waals surface area contributed by atoms with Crippen LogP contribution in [0, 0.1) is 29.9 Å². The molecule has 0 aliphatic heterocycles. The lowest BCUT2D eigenvalue weighted by Crippen LogP contribution is -2.26. The van der Waals surface area contributed by atoms with Gasteiger partial charge in [0.15, 0.2) is 11.5 Å². The maximum absolute atomic E-state index is 12.7. The van der Waals surface area contributed by atoms with Gasteiger partial charge in [-0.3, -0.25) is 29.9 Å². The highest BCUT2D eigenvalue weighted by molar-refractivity contribution is 5.91. The lowest BCUT2D eigenvalue weighted by Gasteiger charge is -2.27. The molecule has 36 heavy (non-hydrogen) atoms. The predicted octanol–water partition coefficient (Wildman–Crippen LogP) is 3.06. The Morgan fingerprint density at radius 2 is 1.72 bits per heavy atom. The van der Waals surface area contributed by atoms with Crippen molar-refractivity contribution in [1.29, 1.82) is 0 Å². The smallest absolute Gasteiger partial charge is 0.343 e. The molecule has 1 aliphatic rings. The standard InChI is InChI=1S/C24H25N5O7/c1-4-35-18-11-14(8-9-17(18)36-24(32)15-6-5-7-16(10-15)29(33)34)21(19-12(2)25-27-22(19)30)20-13(3)26-28-23(20)31/h5-7,9-11,14,21H,4,8H2,1-3H3,(H2,25,27,30)(H2,26,28,31)/t14-/m0/s1. The number of ether oxygens (including phenoxy) is 2. The second-order valence-corrected chi connectivity index (χ2v) is 8.34. The third kappa shape index (κ3) is 4.65. The minimum absolute atomic E-state index is 0.0184. The molecule has 0 amide bonds. The van der Waals surface area contributed by atoms with Gasteiger partial charge >= 0.3 is 5.97 Å². The minimum atomic E-state index is -0.776. The molecule has 0 radical (unpaired) electrons. The third-order valence-electron chi connectivity index (χ3n) is 6.05. The number of carbonyl (C=O) groups is 1. The van der Waals surface area contributed by atoms with Crippen LogP contribution in [-0.2, 0) is 9.47 Å². The van der Waals surface area contributed by atoms with Gasteiger partial charge in [0.2, 0.25) is 0 Å². The fourth-order valence-electron chi connectivity index (χ4n) is 4.43. The third-order valence-corrected chi connectivity index (χ3v) is 6.05. The first kappa shape index (κ1) is 24.5. The molecule has 0 bridgehead atoms. The molecular weight excluding hydrogens is 470 g/mol. The number of rotatable bonds is 8. The number of aromatic amines is 4. The van der Waals surface area contributed by atoms with Crippen molar-refractivity contribution in [3.8, 4) is 0 Å². The van der Waals surface area contributed by atoms with Crippen LogP contribution < -0.4 is 11.1 Å². The Bertz CT molecular complexity index is 1430. The van der Waals surface area contributed by atoms with Crippen LogP contribution in [0.25, 0.3) is 0 Å². The zero-order chi connectivity index (χ0) is 26.0. The van der Waals surface area contributed by atoms with Crippen LogP contribution in [0.15, 0.2) is 57.5 Å². The van der Waals surface area contributed by atoms with E-state index < -0.39 is 16.8 Å². The summed E-state index contributed by atoms with van der Waals surface area (Å²) in [7, 11) is 0. The molecule has 12 nitrogen and oxygen atoms in total. The Kier molecular flexibility index (Phi) is 6.77. The number of H-pyrrole nitrogens is 4. The van der Waals surface area contributed by atoms with Gasteiger partial charge in [-0.1, -0.05) is 6.07 Å². The second kappa shape index (κ2) is 9.94. The van der Waals surface area contributed by atoms with Crippen molar-refractivity contribution >= 4 is 11.7 Å². The normalized spacial score (nSPS) is 15.4. The van der Waals surface area contributed by atoms with Gasteiger partial charge in [-0.2, -0.15) is 0 Å². The summed E-state index contributed by atoms with van der Waals surface area (Å²) < 4.78 is 11.3. The van der Waals surface area contributed by atoms with Crippen LogP contribution >= 0.6 is 0 Å².